The summed E-state index contributed by atoms with van der Waals surface area (Å²) >= 11 is 0. The van der Waals surface area contributed by atoms with Crippen molar-refractivity contribution in [3.63, 3.8) is 0 Å². The Kier molecular flexibility index (Phi) is 5.63. The summed E-state index contributed by atoms with van der Waals surface area (Å²) in [5.74, 6) is 2.30. The zero-order valence-corrected chi connectivity index (χ0v) is 14.8. The van der Waals surface area contributed by atoms with Gasteiger partial charge in [0, 0.05) is 12.5 Å². The van der Waals surface area contributed by atoms with E-state index < -0.39 is 0 Å². The van der Waals surface area contributed by atoms with Gasteiger partial charge in [0.25, 0.3) is 0 Å². The molecule has 0 aliphatic rings. The lowest BCUT2D eigenvalue weighted by Gasteiger charge is -2.05. The van der Waals surface area contributed by atoms with Crippen molar-refractivity contribution in [3.8, 4) is 17.1 Å². The number of nitrogens with two attached hydrogens (primary N) is 1. The third-order valence-corrected chi connectivity index (χ3v) is 3.95. The Labute approximate surface area is 152 Å². The molecule has 0 bridgehead atoms. The molecular weight excluding hydrogens is 328 g/mol. The number of anilines is 1. The molecule has 2 aromatic heterocycles. The highest BCUT2D eigenvalue weighted by atomic mass is 16.5. The molecule has 2 N–H and O–H groups in total. The van der Waals surface area contributed by atoms with Crippen LogP contribution in [-0.4, -0.2) is 23.5 Å². The Morgan fingerprint density at radius 3 is 2.73 bits per heavy atom. The molecule has 3 rings (SSSR count). The van der Waals surface area contributed by atoms with Crippen LogP contribution < -0.4 is 10.5 Å². The van der Waals surface area contributed by atoms with Crippen molar-refractivity contribution in [3.05, 3.63) is 53.7 Å². The average molecular weight is 350 g/mol. The summed E-state index contributed by atoms with van der Waals surface area (Å²) in [7, 11) is 0. The van der Waals surface area contributed by atoms with Crippen molar-refractivity contribution in [2.75, 3.05) is 12.3 Å². The van der Waals surface area contributed by atoms with Gasteiger partial charge < -0.3 is 15.0 Å². The van der Waals surface area contributed by atoms with Crippen LogP contribution in [-0.2, 0) is 6.42 Å². The third kappa shape index (κ3) is 4.27. The van der Waals surface area contributed by atoms with Gasteiger partial charge in [0.1, 0.15) is 11.6 Å². The highest BCUT2D eigenvalue weighted by Crippen LogP contribution is 2.30. The lowest BCUT2D eigenvalue weighted by Crippen LogP contribution is -1.96. The number of unbranched alkanes of at least 4 members (excludes halogenated alkanes) is 1. The first-order valence-electron chi connectivity index (χ1n) is 8.60. The summed E-state index contributed by atoms with van der Waals surface area (Å²) in [5, 5.41) is 4.14. The van der Waals surface area contributed by atoms with Gasteiger partial charge in [-0.15, -0.1) is 0 Å². The van der Waals surface area contributed by atoms with E-state index in [1.54, 1.807) is 12.1 Å². The van der Waals surface area contributed by atoms with Gasteiger partial charge in [-0.3, -0.25) is 0 Å². The Bertz CT molecular complexity index is 872. The molecule has 134 valence electrons. The molecule has 6 nitrogen and oxygen atoms in total. The number of nitrogens with zero attached hydrogens (tertiary/aromatic N) is 3. The molecule has 26 heavy (non-hydrogen) atoms. The van der Waals surface area contributed by atoms with Crippen LogP contribution in [0, 0.1) is 0 Å². The molecule has 6 heteroatoms. The van der Waals surface area contributed by atoms with Crippen molar-refractivity contribution < 1.29 is 9.26 Å². The normalized spacial score (nSPS) is 10.7. The zero-order valence-electron chi connectivity index (χ0n) is 14.8. The summed E-state index contributed by atoms with van der Waals surface area (Å²) in [6.07, 6.45) is 2.85. The van der Waals surface area contributed by atoms with Crippen molar-refractivity contribution in [1.82, 2.24) is 10.1 Å². The first-order valence-corrected chi connectivity index (χ1v) is 8.60. The fourth-order valence-electron chi connectivity index (χ4n) is 2.54. The van der Waals surface area contributed by atoms with Gasteiger partial charge in [0.05, 0.1) is 17.9 Å². The molecule has 0 saturated heterocycles. The lowest BCUT2D eigenvalue weighted by atomic mass is 10.1. The van der Waals surface area contributed by atoms with Crippen LogP contribution in [0.5, 0.6) is 5.75 Å². The molecule has 0 spiro atoms. The molecule has 0 aliphatic heterocycles. The second-order valence-electron chi connectivity index (χ2n) is 5.97. The molecular formula is C20H22N4O2. The van der Waals surface area contributed by atoms with E-state index in [0.29, 0.717) is 29.4 Å². The minimum absolute atomic E-state index is 0.386. The van der Waals surface area contributed by atoms with Crippen molar-refractivity contribution in [2.24, 2.45) is 4.99 Å². The SMILES string of the molecule is C=Nc1nc(N)ccc1-c1cc(Cc2ccc(OCCCC)cc2)no1. The Balaban J connectivity index is 1.70. The zero-order chi connectivity index (χ0) is 18.4. The van der Waals surface area contributed by atoms with Gasteiger partial charge in [0.15, 0.2) is 11.6 Å². The van der Waals surface area contributed by atoms with Crippen molar-refractivity contribution >= 4 is 18.4 Å². The number of ether oxygens (including phenoxy) is 1. The summed E-state index contributed by atoms with van der Waals surface area (Å²) in [6.45, 7) is 6.42. The number of hydrogen-bond donors (Lipinski definition) is 1. The first-order chi connectivity index (χ1) is 12.7. The van der Waals surface area contributed by atoms with E-state index in [4.69, 9.17) is 15.0 Å². The maximum absolute atomic E-state index is 5.68. The standard InChI is InChI=1S/C20H22N4O2/c1-3-4-11-25-16-7-5-14(6-8-16)12-15-13-18(26-24-15)17-9-10-19(21)23-20(17)22-2/h5-10,13H,2-4,11-12H2,1H3,(H2,21,23). The van der Waals surface area contributed by atoms with E-state index in [1.807, 2.05) is 30.3 Å². The summed E-state index contributed by atoms with van der Waals surface area (Å²) in [5.41, 5.74) is 8.35. The van der Waals surface area contributed by atoms with Gasteiger partial charge in [-0.1, -0.05) is 30.6 Å². The number of aliphatic imine (C=N–C) groups is 1. The topological polar surface area (TPSA) is 86.5 Å². The van der Waals surface area contributed by atoms with Crippen LogP contribution in [0.15, 0.2) is 52.0 Å². The molecule has 3 aromatic rings. The van der Waals surface area contributed by atoms with E-state index in [1.165, 1.54) is 0 Å². The molecule has 0 radical (unpaired) electrons. The second kappa shape index (κ2) is 8.29. The maximum atomic E-state index is 5.68. The van der Waals surface area contributed by atoms with Crippen LogP contribution >= 0.6 is 0 Å². The Morgan fingerprint density at radius 1 is 1.19 bits per heavy atom. The molecule has 0 saturated carbocycles. The van der Waals surface area contributed by atoms with Gasteiger partial charge in [-0.2, -0.15) is 0 Å². The van der Waals surface area contributed by atoms with Crippen LogP contribution in [0.2, 0.25) is 0 Å². The van der Waals surface area contributed by atoms with E-state index in [-0.39, 0.29) is 0 Å². The maximum Gasteiger partial charge on any atom is 0.170 e. The van der Waals surface area contributed by atoms with Crippen LogP contribution in [0.4, 0.5) is 11.6 Å². The van der Waals surface area contributed by atoms with Crippen LogP contribution in [0.3, 0.4) is 0 Å². The van der Waals surface area contributed by atoms with E-state index in [0.717, 1.165) is 36.5 Å². The number of hydrogen-bond acceptors (Lipinski definition) is 6. The minimum Gasteiger partial charge on any atom is -0.494 e. The largest absolute Gasteiger partial charge is 0.494 e. The molecule has 0 amide bonds. The molecule has 0 aliphatic carbocycles. The van der Waals surface area contributed by atoms with Gasteiger partial charge in [0.2, 0.25) is 0 Å². The van der Waals surface area contributed by atoms with Gasteiger partial charge in [-0.05, 0) is 43.0 Å². The highest BCUT2D eigenvalue weighted by molar-refractivity contribution is 5.72. The smallest absolute Gasteiger partial charge is 0.170 e. The van der Waals surface area contributed by atoms with Crippen molar-refractivity contribution in [1.29, 1.82) is 0 Å². The number of benzene rings is 1. The van der Waals surface area contributed by atoms with Crippen molar-refractivity contribution in [2.45, 2.75) is 26.2 Å². The monoisotopic (exact) mass is 350 g/mol. The quantitative estimate of drug-likeness (QED) is 0.480. The molecule has 1 aromatic carbocycles. The predicted octanol–water partition coefficient (Wildman–Crippen LogP) is 4.42. The summed E-state index contributed by atoms with van der Waals surface area (Å²) in [6, 6.07) is 13.4. The Morgan fingerprint density at radius 2 is 2.00 bits per heavy atom. The highest BCUT2D eigenvalue weighted by Gasteiger charge is 2.12. The predicted molar refractivity (Wildman–Crippen MR) is 103 cm³/mol. The number of aromatic nitrogens is 2. The fraction of sp³-hybridized carbons (Fsp3) is 0.250. The fourth-order valence-corrected chi connectivity index (χ4v) is 2.54. The van der Waals surface area contributed by atoms with E-state index in [2.05, 4.69) is 28.8 Å². The van der Waals surface area contributed by atoms with Gasteiger partial charge in [-0.25, -0.2) is 9.98 Å². The van der Waals surface area contributed by atoms with E-state index in [9.17, 15) is 0 Å². The minimum atomic E-state index is 0.386. The first kappa shape index (κ1) is 17.7. The average Bonchev–Trinajstić information content (AvgIpc) is 3.11. The summed E-state index contributed by atoms with van der Waals surface area (Å²) in [4.78, 5) is 8.05. The number of rotatable bonds is 8. The molecule has 0 unspecified atom stereocenters. The number of nitrogen functional groups attached to an aromatic ring is 1. The number of pyridine rings is 1. The molecule has 0 fully saturated rings. The Hall–Kier alpha value is -3.15. The van der Waals surface area contributed by atoms with Crippen LogP contribution in [0.25, 0.3) is 11.3 Å². The summed E-state index contributed by atoms with van der Waals surface area (Å²) < 4.78 is 11.1. The third-order valence-electron chi connectivity index (χ3n) is 3.95. The molecule has 2 heterocycles. The lowest BCUT2D eigenvalue weighted by molar-refractivity contribution is 0.309. The van der Waals surface area contributed by atoms with Gasteiger partial charge >= 0.3 is 0 Å². The second-order valence-corrected chi connectivity index (χ2v) is 5.97. The van der Waals surface area contributed by atoms with Crippen LogP contribution in [0.1, 0.15) is 31.0 Å². The van der Waals surface area contributed by atoms with E-state index >= 15 is 0 Å². The molecule has 0 atom stereocenters.